The maximum atomic E-state index is 12.7. The predicted octanol–water partition coefficient (Wildman–Crippen LogP) is 3.20. The Hall–Kier alpha value is -2.12. The molecule has 1 saturated carbocycles. The first-order valence-corrected chi connectivity index (χ1v) is 11.0. The molecule has 1 aliphatic carbocycles. The van der Waals surface area contributed by atoms with E-state index in [4.69, 9.17) is 4.42 Å². The van der Waals surface area contributed by atoms with Gasteiger partial charge in [0.1, 0.15) is 5.52 Å². The third-order valence-corrected chi connectivity index (χ3v) is 6.60. The lowest BCUT2D eigenvalue weighted by molar-refractivity contribution is 0.113. The number of rotatable bonds is 4. The number of nitrogens with zero attached hydrogens (tertiary/aromatic N) is 4. The van der Waals surface area contributed by atoms with E-state index in [2.05, 4.69) is 27.1 Å². The molecule has 5 rings (SSSR count). The number of piperidine rings is 1. The molecule has 0 unspecified atom stereocenters. The SMILES string of the molecule is CN1CCN(CC2CCN(C(=O)Nc3ccc4nc(C5CC5)oc4c3)CC2)CC1. The highest BCUT2D eigenvalue weighted by atomic mass is 16.3. The van der Waals surface area contributed by atoms with Gasteiger partial charge in [-0.15, -0.1) is 0 Å². The van der Waals surface area contributed by atoms with E-state index in [1.807, 2.05) is 23.1 Å². The highest BCUT2D eigenvalue weighted by Gasteiger charge is 2.29. The van der Waals surface area contributed by atoms with Crippen LogP contribution in [0.5, 0.6) is 0 Å². The number of oxazole rings is 1. The van der Waals surface area contributed by atoms with Crippen molar-refractivity contribution in [2.45, 2.75) is 31.6 Å². The van der Waals surface area contributed by atoms with Crippen LogP contribution < -0.4 is 5.32 Å². The maximum absolute atomic E-state index is 12.7. The second-order valence-electron chi connectivity index (χ2n) is 8.97. The van der Waals surface area contributed by atoms with E-state index in [9.17, 15) is 4.79 Å². The molecule has 0 bridgehead atoms. The van der Waals surface area contributed by atoms with Crippen LogP contribution in [0.25, 0.3) is 11.1 Å². The number of aromatic nitrogens is 1. The van der Waals surface area contributed by atoms with Crippen molar-refractivity contribution in [2.75, 3.05) is 58.2 Å². The Bertz CT molecular complexity index is 861. The van der Waals surface area contributed by atoms with Crippen LogP contribution in [0.15, 0.2) is 22.6 Å². The lowest BCUT2D eigenvalue weighted by atomic mass is 9.96. The number of piperazine rings is 1. The number of carbonyl (C=O) groups excluding carboxylic acids is 1. The summed E-state index contributed by atoms with van der Waals surface area (Å²) in [5.41, 5.74) is 2.41. The average molecular weight is 398 g/mol. The van der Waals surface area contributed by atoms with Crippen molar-refractivity contribution in [3.05, 3.63) is 24.1 Å². The Morgan fingerprint density at radius 1 is 1.10 bits per heavy atom. The summed E-state index contributed by atoms with van der Waals surface area (Å²) in [6, 6.07) is 5.73. The molecule has 3 fully saturated rings. The normalized spacial score (nSPS) is 22.3. The zero-order valence-electron chi connectivity index (χ0n) is 17.3. The summed E-state index contributed by atoms with van der Waals surface area (Å²) in [7, 11) is 2.20. The van der Waals surface area contributed by atoms with Crippen molar-refractivity contribution in [1.29, 1.82) is 0 Å². The molecular formula is C22H31N5O2. The van der Waals surface area contributed by atoms with Gasteiger partial charge in [0.15, 0.2) is 11.5 Å². The van der Waals surface area contributed by atoms with Gasteiger partial charge in [-0.2, -0.15) is 0 Å². The minimum absolute atomic E-state index is 0.00988. The number of amides is 2. The lowest BCUT2D eigenvalue weighted by Crippen LogP contribution is -2.48. The highest BCUT2D eigenvalue weighted by molar-refractivity contribution is 5.91. The van der Waals surface area contributed by atoms with Gasteiger partial charge in [-0.05, 0) is 50.8 Å². The van der Waals surface area contributed by atoms with Crippen LogP contribution in [0.2, 0.25) is 0 Å². The van der Waals surface area contributed by atoms with Gasteiger partial charge < -0.3 is 24.4 Å². The second kappa shape index (κ2) is 7.95. The van der Waals surface area contributed by atoms with Gasteiger partial charge >= 0.3 is 6.03 Å². The standard InChI is InChI=1S/C22H31N5O2/c1-25-10-12-26(13-11-25)15-16-6-8-27(9-7-16)22(28)23-18-4-5-19-20(14-18)29-21(24-19)17-2-3-17/h4-5,14,16-17H,2-3,6-13,15H2,1H3,(H,23,28). The Labute approximate surface area is 172 Å². The number of hydrogen-bond donors (Lipinski definition) is 1. The summed E-state index contributed by atoms with van der Waals surface area (Å²) in [4.78, 5) is 24.2. The maximum Gasteiger partial charge on any atom is 0.321 e. The van der Waals surface area contributed by atoms with Crippen LogP contribution in [0.4, 0.5) is 10.5 Å². The molecule has 0 spiro atoms. The Morgan fingerprint density at radius 3 is 2.59 bits per heavy atom. The molecule has 1 aromatic carbocycles. The van der Waals surface area contributed by atoms with Crippen molar-refractivity contribution < 1.29 is 9.21 Å². The quantitative estimate of drug-likeness (QED) is 0.858. The van der Waals surface area contributed by atoms with Gasteiger partial charge in [-0.25, -0.2) is 9.78 Å². The fourth-order valence-corrected chi connectivity index (χ4v) is 4.44. The Morgan fingerprint density at radius 2 is 1.86 bits per heavy atom. The largest absolute Gasteiger partial charge is 0.440 e. The lowest BCUT2D eigenvalue weighted by Gasteiger charge is -2.37. The number of fused-ring (bicyclic) bond motifs is 1. The fraction of sp³-hybridized carbons (Fsp3) is 0.636. The molecule has 7 nitrogen and oxygen atoms in total. The molecule has 3 aliphatic rings. The van der Waals surface area contributed by atoms with Crippen LogP contribution in [0.3, 0.4) is 0 Å². The summed E-state index contributed by atoms with van der Waals surface area (Å²) in [6.45, 7) is 7.52. The number of nitrogens with one attached hydrogen (secondary N) is 1. The van der Waals surface area contributed by atoms with Crippen LogP contribution in [-0.2, 0) is 0 Å². The molecule has 29 heavy (non-hydrogen) atoms. The molecule has 2 aromatic rings. The Kier molecular flexibility index (Phi) is 5.18. The molecule has 1 N–H and O–H groups in total. The zero-order valence-corrected chi connectivity index (χ0v) is 17.3. The summed E-state index contributed by atoms with van der Waals surface area (Å²) in [6.07, 6.45) is 4.51. The van der Waals surface area contributed by atoms with Crippen molar-refractivity contribution in [3.63, 3.8) is 0 Å². The number of carbonyl (C=O) groups is 1. The number of anilines is 1. The minimum atomic E-state index is -0.00988. The van der Waals surface area contributed by atoms with Crippen molar-refractivity contribution in [1.82, 2.24) is 19.7 Å². The minimum Gasteiger partial charge on any atom is -0.440 e. The van der Waals surface area contributed by atoms with Gasteiger partial charge in [0.05, 0.1) is 0 Å². The van der Waals surface area contributed by atoms with E-state index in [1.54, 1.807) is 0 Å². The van der Waals surface area contributed by atoms with Crippen molar-refractivity contribution >= 4 is 22.8 Å². The average Bonchev–Trinajstić information content (AvgIpc) is 3.50. The molecule has 2 aliphatic heterocycles. The van der Waals surface area contributed by atoms with Crippen LogP contribution >= 0.6 is 0 Å². The molecule has 156 valence electrons. The molecule has 0 atom stereocenters. The number of benzene rings is 1. The molecule has 2 amide bonds. The van der Waals surface area contributed by atoms with Crippen LogP contribution in [-0.4, -0.2) is 78.6 Å². The molecule has 7 heteroatoms. The Balaban J connectivity index is 1.12. The van der Waals surface area contributed by atoms with Crippen molar-refractivity contribution in [3.8, 4) is 0 Å². The molecule has 3 heterocycles. The summed E-state index contributed by atoms with van der Waals surface area (Å²) in [5, 5.41) is 3.04. The third-order valence-electron chi connectivity index (χ3n) is 6.60. The van der Waals surface area contributed by atoms with Gasteiger partial charge in [-0.1, -0.05) is 0 Å². The fourth-order valence-electron chi connectivity index (χ4n) is 4.44. The van der Waals surface area contributed by atoms with E-state index in [0.717, 1.165) is 48.6 Å². The van der Waals surface area contributed by atoms with Gasteiger partial charge in [0, 0.05) is 63.5 Å². The van der Waals surface area contributed by atoms with Gasteiger partial charge in [0.25, 0.3) is 0 Å². The summed E-state index contributed by atoms with van der Waals surface area (Å²) >= 11 is 0. The smallest absolute Gasteiger partial charge is 0.321 e. The monoisotopic (exact) mass is 397 g/mol. The van der Waals surface area contributed by atoms with Gasteiger partial charge in [0.2, 0.25) is 0 Å². The first-order valence-electron chi connectivity index (χ1n) is 11.0. The van der Waals surface area contributed by atoms with Crippen LogP contribution in [0.1, 0.15) is 37.5 Å². The first-order chi connectivity index (χ1) is 14.1. The highest BCUT2D eigenvalue weighted by Crippen LogP contribution is 2.40. The van der Waals surface area contributed by atoms with Crippen molar-refractivity contribution in [2.24, 2.45) is 5.92 Å². The third kappa shape index (κ3) is 4.41. The van der Waals surface area contributed by atoms with E-state index in [0.29, 0.717) is 11.8 Å². The number of hydrogen-bond acceptors (Lipinski definition) is 5. The van der Waals surface area contributed by atoms with Crippen LogP contribution in [0, 0.1) is 5.92 Å². The summed E-state index contributed by atoms with van der Waals surface area (Å²) in [5.74, 6) is 2.03. The van der Waals surface area contributed by atoms with E-state index < -0.39 is 0 Å². The molecule has 2 saturated heterocycles. The van der Waals surface area contributed by atoms with E-state index >= 15 is 0 Å². The number of urea groups is 1. The predicted molar refractivity (Wildman–Crippen MR) is 113 cm³/mol. The topological polar surface area (TPSA) is 64.8 Å². The summed E-state index contributed by atoms with van der Waals surface area (Å²) < 4.78 is 5.87. The molecule has 1 aromatic heterocycles. The molecule has 0 radical (unpaired) electrons. The zero-order chi connectivity index (χ0) is 19.8. The second-order valence-corrected chi connectivity index (χ2v) is 8.97. The van der Waals surface area contributed by atoms with E-state index in [1.165, 1.54) is 45.6 Å². The van der Waals surface area contributed by atoms with Gasteiger partial charge in [-0.3, -0.25) is 0 Å². The first kappa shape index (κ1) is 18.9. The van der Waals surface area contributed by atoms with E-state index in [-0.39, 0.29) is 6.03 Å². The molecular weight excluding hydrogens is 366 g/mol. The number of likely N-dealkylation sites (N-methyl/N-ethyl adjacent to an activating group) is 1. The number of likely N-dealkylation sites (tertiary alicyclic amines) is 1.